The van der Waals surface area contributed by atoms with Gasteiger partial charge in [-0.15, -0.1) is 5.10 Å². The molecule has 0 saturated heterocycles. The monoisotopic (exact) mass is 316 g/mol. The Labute approximate surface area is 129 Å². The molecule has 1 atom stereocenters. The first-order valence-corrected chi connectivity index (χ1v) is 7.29. The van der Waals surface area contributed by atoms with Crippen molar-refractivity contribution in [3.8, 4) is 5.69 Å². The normalized spacial score (nSPS) is 12.0. The van der Waals surface area contributed by atoms with Crippen LogP contribution in [0.3, 0.4) is 0 Å². The average Bonchev–Trinajstić information content (AvgIpc) is 3.17. The molecule has 0 radical (unpaired) electrons. The van der Waals surface area contributed by atoms with Gasteiger partial charge in [0.05, 0.1) is 22.8 Å². The summed E-state index contributed by atoms with van der Waals surface area (Å²) in [5.41, 5.74) is 1.64. The topological polar surface area (TPSA) is 98.8 Å². The summed E-state index contributed by atoms with van der Waals surface area (Å²) in [6.45, 7) is 1.90. The molecule has 0 aliphatic carbocycles. The summed E-state index contributed by atoms with van der Waals surface area (Å²) in [4.78, 5) is 14.2. The lowest BCUT2D eigenvalue weighted by Gasteiger charge is -2.08. The molecule has 0 unspecified atom stereocenters. The Hall–Kier alpha value is -2.81. The number of anilines is 1. The van der Waals surface area contributed by atoms with Crippen LogP contribution in [0.1, 0.15) is 18.7 Å². The molecular weight excluding hydrogens is 304 g/mol. The van der Waals surface area contributed by atoms with Crippen molar-refractivity contribution in [3.05, 3.63) is 58.5 Å². The number of hydrogen-bond donors (Lipinski definition) is 1. The third-order valence-electron chi connectivity index (χ3n) is 2.99. The summed E-state index contributed by atoms with van der Waals surface area (Å²) in [6.07, 6.45) is 3.05. The molecule has 2 heterocycles. The number of aromatic nitrogens is 4. The molecular formula is C13H12N6O2S. The Morgan fingerprint density at radius 2 is 2.14 bits per heavy atom. The highest BCUT2D eigenvalue weighted by atomic mass is 32.1. The average molecular weight is 316 g/mol. The molecule has 3 rings (SSSR count). The standard InChI is InChI=1S/C13H12N6O2S/c1-9(15-13-14-7-12(22-13)19(20)21)11-8-18(17-16-11)10-5-3-2-4-6-10/h2-9H,1H3,(H,14,15)/t9-/m1/s1. The molecule has 0 bridgehead atoms. The second kappa shape index (κ2) is 5.90. The van der Waals surface area contributed by atoms with Crippen LogP contribution in [-0.4, -0.2) is 24.9 Å². The van der Waals surface area contributed by atoms with E-state index >= 15 is 0 Å². The van der Waals surface area contributed by atoms with E-state index < -0.39 is 4.92 Å². The van der Waals surface area contributed by atoms with Gasteiger partial charge in [0.25, 0.3) is 0 Å². The van der Waals surface area contributed by atoms with Crippen LogP contribution >= 0.6 is 11.3 Å². The van der Waals surface area contributed by atoms with Crippen molar-refractivity contribution in [3.63, 3.8) is 0 Å². The maximum Gasteiger partial charge on any atom is 0.345 e. The quantitative estimate of drug-likeness (QED) is 0.574. The summed E-state index contributed by atoms with van der Waals surface area (Å²) in [6, 6.07) is 9.48. The van der Waals surface area contributed by atoms with Gasteiger partial charge in [-0.1, -0.05) is 23.4 Å². The molecule has 0 aliphatic heterocycles. The van der Waals surface area contributed by atoms with Crippen LogP contribution in [0, 0.1) is 10.1 Å². The van der Waals surface area contributed by atoms with E-state index in [1.54, 1.807) is 4.68 Å². The summed E-state index contributed by atoms with van der Waals surface area (Å²) >= 11 is 0.991. The van der Waals surface area contributed by atoms with Gasteiger partial charge in [0.2, 0.25) is 0 Å². The van der Waals surface area contributed by atoms with Crippen LogP contribution in [-0.2, 0) is 0 Å². The number of hydrogen-bond acceptors (Lipinski definition) is 7. The first-order chi connectivity index (χ1) is 10.6. The fourth-order valence-electron chi connectivity index (χ4n) is 1.86. The minimum atomic E-state index is -0.459. The van der Waals surface area contributed by atoms with Gasteiger partial charge < -0.3 is 5.32 Å². The summed E-state index contributed by atoms with van der Waals surface area (Å²) in [5, 5.41) is 22.4. The van der Waals surface area contributed by atoms with E-state index in [1.165, 1.54) is 6.20 Å². The highest BCUT2D eigenvalue weighted by Gasteiger charge is 2.16. The molecule has 0 amide bonds. The maximum atomic E-state index is 10.7. The zero-order chi connectivity index (χ0) is 15.5. The smallest absolute Gasteiger partial charge is 0.345 e. The Morgan fingerprint density at radius 3 is 2.82 bits per heavy atom. The fourth-order valence-corrected chi connectivity index (χ4v) is 2.58. The van der Waals surface area contributed by atoms with Crippen molar-refractivity contribution in [1.82, 2.24) is 20.0 Å². The minimum Gasteiger partial charge on any atom is -0.353 e. The SMILES string of the molecule is C[C@@H](Nc1ncc([N+](=O)[O-])s1)c1cn(-c2ccccc2)nn1. The van der Waals surface area contributed by atoms with Crippen LogP contribution in [0.2, 0.25) is 0 Å². The van der Waals surface area contributed by atoms with Crippen molar-refractivity contribution in [1.29, 1.82) is 0 Å². The molecule has 0 saturated carbocycles. The van der Waals surface area contributed by atoms with Crippen LogP contribution < -0.4 is 5.32 Å². The third-order valence-corrected chi connectivity index (χ3v) is 3.87. The van der Waals surface area contributed by atoms with E-state index in [-0.39, 0.29) is 11.0 Å². The number of nitrogens with one attached hydrogen (secondary N) is 1. The van der Waals surface area contributed by atoms with E-state index in [2.05, 4.69) is 20.6 Å². The lowest BCUT2D eigenvalue weighted by Crippen LogP contribution is -2.06. The molecule has 0 aliphatic rings. The van der Waals surface area contributed by atoms with E-state index in [9.17, 15) is 10.1 Å². The van der Waals surface area contributed by atoms with E-state index in [1.807, 2.05) is 43.5 Å². The number of thiazole rings is 1. The molecule has 0 fully saturated rings. The van der Waals surface area contributed by atoms with Gasteiger partial charge in [0.1, 0.15) is 11.9 Å². The van der Waals surface area contributed by atoms with Crippen molar-refractivity contribution < 1.29 is 4.92 Å². The predicted octanol–water partition coefficient (Wildman–Crippen LogP) is 2.81. The Kier molecular flexibility index (Phi) is 3.79. The van der Waals surface area contributed by atoms with Crippen molar-refractivity contribution in [2.24, 2.45) is 0 Å². The van der Waals surface area contributed by atoms with Gasteiger partial charge in [-0.05, 0) is 30.4 Å². The van der Waals surface area contributed by atoms with Crippen LogP contribution in [0.25, 0.3) is 5.69 Å². The summed E-state index contributed by atoms with van der Waals surface area (Å²) in [5.74, 6) is 0. The van der Waals surface area contributed by atoms with Gasteiger partial charge in [-0.3, -0.25) is 10.1 Å². The van der Waals surface area contributed by atoms with E-state index in [0.717, 1.165) is 22.7 Å². The Balaban J connectivity index is 1.74. The van der Waals surface area contributed by atoms with E-state index in [0.29, 0.717) is 5.13 Å². The van der Waals surface area contributed by atoms with Crippen molar-refractivity contribution >= 4 is 21.5 Å². The zero-order valence-corrected chi connectivity index (χ0v) is 12.4. The summed E-state index contributed by atoms with van der Waals surface area (Å²) in [7, 11) is 0. The molecule has 1 aromatic carbocycles. The predicted molar refractivity (Wildman–Crippen MR) is 82.2 cm³/mol. The highest BCUT2D eigenvalue weighted by molar-refractivity contribution is 7.18. The van der Waals surface area contributed by atoms with Crippen LogP contribution in [0.5, 0.6) is 0 Å². The second-order valence-corrected chi connectivity index (χ2v) is 5.56. The second-order valence-electron chi connectivity index (χ2n) is 4.55. The molecule has 2 aromatic heterocycles. The molecule has 3 aromatic rings. The number of benzene rings is 1. The number of rotatable bonds is 5. The molecule has 112 valence electrons. The zero-order valence-electron chi connectivity index (χ0n) is 11.6. The third kappa shape index (κ3) is 2.93. The number of nitrogens with zero attached hydrogens (tertiary/aromatic N) is 5. The fraction of sp³-hybridized carbons (Fsp3) is 0.154. The van der Waals surface area contributed by atoms with Gasteiger partial charge in [-0.2, -0.15) is 0 Å². The van der Waals surface area contributed by atoms with Crippen LogP contribution in [0.15, 0.2) is 42.7 Å². The van der Waals surface area contributed by atoms with Crippen molar-refractivity contribution in [2.75, 3.05) is 5.32 Å². The van der Waals surface area contributed by atoms with Gasteiger partial charge in [0, 0.05) is 0 Å². The van der Waals surface area contributed by atoms with Gasteiger partial charge in [0.15, 0.2) is 5.13 Å². The maximum absolute atomic E-state index is 10.7. The Morgan fingerprint density at radius 1 is 1.36 bits per heavy atom. The first-order valence-electron chi connectivity index (χ1n) is 6.48. The Bertz CT molecular complexity index is 785. The molecule has 22 heavy (non-hydrogen) atoms. The van der Waals surface area contributed by atoms with Crippen molar-refractivity contribution in [2.45, 2.75) is 13.0 Å². The van der Waals surface area contributed by atoms with Crippen LogP contribution in [0.4, 0.5) is 10.1 Å². The molecule has 0 spiro atoms. The molecule has 9 heteroatoms. The number of nitro groups is 1. The van der Waals surface area contributed by atoms with E-state index in [4.69, 9.17) is 0 Å². The minimum absolute atomic E-state index is 0.00244. The summed E-state index contributed by atoms with van der Waals surface area (Å²) < 4.78 is 1.68. The molecule has 8 nitrogen and oxygen atoms in total. The van der Waals surface area contributed by atoms with Gasteiger partial charge in [-0.25, -0.2) is 9.67 Å². The highest BCUT2D eigenvalue weighted by Crippen LogP contribution is 2.27. The molecule has 1 N–H and O–H groups in total. The van der Waals surface area contributed by atoms with Gasteiger partial charge >= 0.3 is 5.00 Å². The largest absolute Gasteiger partial charge is 0.353 e. The first kappa shape index (κ1) is 14.1. The number of para-hydroxylation sites is 1. The lowest BCUT2D eigenvalue weighted by molar-refractivity contribution is -0.380. The lowest BCUT2D eigenvalue weighted by atomic mass is 10.2.